The first kappa shape index (κ1) is 24.5. The van der Waals surface area contributed by atoms with Gasteiger partial charge in [0.2, 0.25) is 0 Å². The lowest BCUT2D eigenvalue weighted by molar-refractivity contribution is -0.144. The maximum atomic E-state index is 12.5. The van der Waals surface area contributed by atoms with Crippen LogP contribution in [0.3, 0.4) is 0 Å². The standard InChI is InChI=1S/C22H23N3O6S2/c1-5-29-21(28)19-15(16-7-6-14(4)31-16)10-32-20(19)25-17(26)9-30-18(27)11-33-22-23-12(2)8-13(3)24-22/h6-8,10H,5,9,11H2,1-4H3,(H,25,26). The number of carbonyl (C=O) groups excluding carboxylic acids is 3. The average molecular weight is 490 g/mol. The number of nitrogens with zero attached hydrogens (tertiary/aromatic N) is 2. The highest BCUT2D eigenvalue weighted by atomic mass is 32.2. The van der Waals surface area contributed by atoms with Crippen molar-refractivity contribution in [2.45, 2.75) is 32.9 Å². The molecule has 0 bridgehead atoms. The maximum absolute atomic E-state index is 12.5. The van der Waals surface area contributed by atoms with Crippen molar-refractivity contribution < 1.29 is 28.3 Å². The first-order valence-electron chi connectivity index (χ1n) is 10.0. The van der Waals surface area contributed by atoms with E-state index in [4.69, 9.17) is 13.9 Å². The molecule has 3 rings (SSSR count). The van der Waals surface area contributed by atoms with Crippen LogP contribution in [0.1, 0.15) is 34.4 Å². The Kier molecular flexibility index (Phi) is 8.23. The Balaban J connectivity index is 1.60. The lowest BCUT2D eigenvalue weighted by atomic mass is 10.1. The number of rotatable bonds is 9. The molecule has 174 valence electrons. The van der Waals surface area contributed by atoms with Gasteiger partial charge in [-0.3, -0.25) is 9.59 Å². The minimum Gasteiger partial charge on any atom is -0.462 e. The topological polar surface area (TPSA) is 121 Å². The van der Waals surface area contributed by atoms with Crippen molar-refractivity contribution in [3.8, 4) is 11.3 Å². The first-order valence-corrected chi connectivity index (χ1v) is 11.9. The van der Waals surface area contributed by atoms with Crippen LogP contribution in [0, 0.1) is 20.8 Å². The van der Waals surface area contributed by atoms with Gasteiger partial charge in [-0.15, -0.1) is 11.3 Å². The van der Waals surface area contributed by atoms with Gasteiger partial charge < -0.3 is 19.2 Å². The molecule has 0 spiro atoms. The summed E-state index contributed by atoms with van der Waals surface area (Å²) in [5, 5.41) is 5.07. The van der Waals surface area contributed by atoms with Crippen LogP contribution in [0.25, 0.3) is 11.3 Å². The molecule has 9 nitrogen and oxygen atoms in total. The smallest absolute Gasteiger partial charge is 0.341 e. The van der Waals surface area contributed by atoms with Gasteiger partial charge >= 0.3 is 11.9 Å². The van der Waals surface area contributed by atoms with Crippen LogP contribution in [0.4, 0.5) is 5.00 Å². The average Bonchev–Trinajstić information content (AvgIpc) is 3.36. The molecule has 1 amide bonds. The van der Waals surface area contributed by atoms with Gasteiger partial charge in [0, 0.05) is 22.3 Å². The Morgan fingerprint density at radius 1 is 1.12 bits per heavy atom. The van der Waals surface area contributed by atoms with Gasteiger partial charge in [-0.05, 0) is 45.9 Å². The van der Waals surface area contributed by atoms with E-state index in [9.17, 15) is 14.4 Å². The first-order chi connectivity index (χ1) is 15.8. The highest BCUT2D eigenvalue weighted by molar-refractivity contribution is 7.99. The van der Waals surface area contributed by atoms with E-state index in [-0.39, 0.29) is 22.9 Å². The number of thiophene rings is 1. The van der Waals surface area contributed by atoms with Gasteiger partial charge in [-0.25, -0.2) is 14.8 Å². The molecule has 1 N–H and O–H groups in total. The van der Waals surface area contributed by atoms with E-state index < -0.39 is 24.5 Å². The Morgan fingerprint density at radius 3 is 2.48 bits per heavy atom. The summed E-state index contributed by atoms with van der Waals surface area (Å²) >= 11 is 2.28. The second kappa shape index (κ2) is 11.1. The van der Waals surface area contributed by atoms with Gasteiger partial charge in [-0.2, -0.15) is 0 Å². The number of amides is 1. The zero-order valence-corrected chi connectivity index (χ0v) is 20.2. The number of anilines is 1. The Labute approximate surface area is 198 Å². The summed E-state index contributed by atoms with van der Waals surface area (Å²) in [6.07, 6.45) is 0. The van der Waals surface area contributed by atoms with Crippen LogP contribution < -0.4 is 5.32 Å². The summed E-state index contributed by atoms with van der Waals surface area (Å²) < 4.78 is 15.8. The minimum absolute atomic E-state index is 0.0365. The lowest BCUT2D eigenvalue weighted by Crippen LogP contribution is -2.22. The lowest BCUT2D eigenvalue weighted by Gasteiger charge is -2.08. The van der Waals surface area contributed by atoms with Crippen molar-refractivity contribution in [1.82, 2.24) is 9.97 Å². The number of aromatic nitrogens is 2. The summed E-state index contributed by atoms with van der Waals surface area (Å²) in [6.45, 7) is 6.85. The largest absolute Gasteiger partial charge is 0.462 e. The second-order valence-electron chi connectivity index (χ2n) is 6.92. The molecule has 0 aliphatic carbocycles. The van der Waals surface area contributed by atoms with Crippen LogP contribution in [0.5, 0.6) is 0 Å². The normalized spacial score (nSPS) is 10.7. The van der Waals surface area contributed by atoms with Crippen molar-refractivity contribution in [3.63, 3.8) is 0 Å². The fourth-order valence-electron chi connectivity index (χ4n) is 2.85. The molecule has 3 heterocycles. The SMILES string of the molecule is CCOC(=O)c1c(-c2ccc(C)o2)csc1NC(=O)COC(=O)CSc1nc(C)cc(C)n1. The monoisotopic (exact) mass is 489 g/mol. The fraction of sp³-hybridized carbons (Fsp3) is 0.318. The molecule has 0 fully saturated rings. The third-order valence-corrected chi connectivity index (χ3v) is 5.89. The van der Waals surface area contributed by atoms with E-state index in [1.807, 2.05) is 19.9 Å². The van der Waals surface area contributed by atoms with Crippen molar-refractivity contribution in [3.05, 3.63) is 46.3 Å². The highest BCUT2D eigenvalue weighted by Gasteiger charge is 2.24. The van der Waals surface area contributed by atoms with E-state index in [2.05, 4.69) is 15.3 Å². The molecule has 33 heavy (non-hydrogen) atoms. The van der Waals surface area contributed by atoms with Crippen molar-refractivity contribution >= 4 is 45.9 Å². The number of hydrogen-bond donors (Lipinski definition) is 1. The van der Waals surface area contributed by atoms with Crippen molar-refractivity contribution in [1.29, 1.82) is 0 Å². The molecule has 0 aromatic carbocycles. The predicted octanol–water partition coefficient (Wildman–Crippen LogP) is 4.17. The third kappa shape index (κ3) is 6.65. The van der Waals surface area contributed by atoms with Crippen LogP contribution in [-0.4, -0.2) is 46.8 Å². The number of hydrogen-bond acceptors (Lipinski definition) is 10. The van der Waals surface area contributed by atoms with E-state index in [1.54, 1.807) is 31.4 Å². The molecule has 3 aromatic heterocycles. The Hall–Kier alpha value is -3.18. The van der Waals surface area contributed by atoms with E-state index in [0.717, 1.165) is 34.5 Å². The molecular formula is C22H23N3O6S2. The number of nitrogens with one attached hydrogen (secondary N) is 1. The molecule has 0 aliphatic rings. The van der Waals surface area contributed by atoms with Crippen LogP contribution in [-0.2, 0) is 19.1 Å². The second-order valence-corrected chi connectivity index (χ2v) is 8.74. The molecule has 0 atom stereocenters. The summed E-state index contributed by atoms with van der Waals surface area (Å²) in [6, 6.07) is 5.35. The Bertz CT molecular complexity index is 1150. The fourth-order valence-corrected chi connectivity index (χ4v) is 4.55. The number of carbonyl (C=O) groups is 3. The summed E-state index contributed by atoms with van der Waals surface area (Å²) in [5.74, 6) is -0.602. The molecule has 3 aromatic rings. The quantitative estimate of drug-likeness (QED) is 0.268. The zero-order valence-electron chi connectivity index (χ0n) is 18.6. The van der Waals surface area contributed by atoms with Gasteiger partial charge in [0.05, 0.1) is 12.4 Å². The third-order valence-electron chi connectivity index (χ3n) is 4.17. The summed E-state index contributed by atoms with van der Waals surface area (Å²) in [5.41, 5.74) is 2.31. The van der Waals surface area contributed by atoms with Gasteiger partial charge in [0.15, 0.2) is 11.8 Å². The van der Waals surface area contributed by atoms with Gasteiger partial charge in [0.1, 0.15) is 22.1 Å². The zero-order chi connectivity index (χ0) is 24.0. The number of ether oxygens (including phenoxy) is 2. The minimum atomic E-state index is -0.583. The van der Waals surface area contributed by atoms with Gasteiger partial charge in [-0.1, -0.05) is 11.8 Å². The van der Waals surface area contributed by atoms with Crippen LogP contribution in [0.15, 0.2) is 33.2 Å². The highest BCUT2D eigenvalue weighted by Crippen LogP contribution is 2.37. The van der Waals surface area contributed by atoms with Crippen molar-refractivity contribution in [2.75, 3.05) is 24.3 Å². The van der Waals surface area contributed by atoms with Gasteiger partial charge in [0.25, 0.3) is 5.91 Å². The molecule has 0 saturated heterocycles. The number of esters is 2. The summed E-state index contributed by atoms with van der Waals surface area (Å²) in [7, 11) is 0. The maximum Gasteiger partial charge on any atom is 0.341 e. The molecule has 11 heteroatoms. The predicted molar refractivity (Wildman–Crippen MR) is 125 cm³/mol. The van der Waals surface area contributed by atoms with Crippen molar-refractivity contribution in [2.24, 2.45) is 0 Å². The van der Waals surface area contributed by atoms with Crippen LogP contribution in [0.2, 0.25) is 0 Å². The summed E-state index contributed by atoms with van der Waals surface area (Å²) in [4.78, 5) is 45.4. The van der Waals surface area contributed by atoms with E-state index >= 15 is 0 Å². The molecular weight excluding hydrogens is 466 g/mol. The molecule has 0 unspecified atom stereocenters. The number of thioether (sulfide) groups is 1. The molecule has 0 saturated carbocycles. The van der Waals surface area contributed by atoms with E-state index in [0.29, 0.717) is 22.2 Å². The number of aryl methyl sites for hydroxylation is 3. The Morgan fingerprint density at radius 2 is 1.85 bits per heavy atom. The molecule has 0 aliphatic heterocycles. The van der Waals surface area contributed by atoms with E-state index in [1.165, 1.54) is 0 Å². The van der Waals surface area contributed by atoms with Crippen LogP contribution >= 0.6 is 23.1 Å². The number of furan rings is 1. The molecule has 0 radical (unpaired) electrons.